The molecule has 17 heavy (non-hydrogen) atoms. The molecule has 0 spiro atoms. The third-order valence-corrected chi connectivity index (χ3v) is 3.69. The van der Waals surface area contributed by atoms with Crippen LogP contribution in [0.4, 0.5) is 0 Å². The predicted molar refractivity (Wildman–Crippen MR) is 61.8 cm³/mol. The van der Waals surface area contributed by atoms with Crippen molar-refractivity contribution in [2.45, 2.75) is 40.5 Å². The van der Waals surface area contributed by atoms with E-state index in [-0.39, 0.29) is 0 Å². The van der Waals surface area contributed by atoms with E-state index in [2.05, 4.69) is 0 Å². The van der Waals surface area contributed by atoms with Crippen LogP contribution in [0, 0.1) is 0 Å². The van der Waals surface area contributed by atoms with Gasteiger partial charge in [-0.05, 0) is 12.8 Å². The first-order valence-corrected chi connectivity index (χ1v) is 7.26. The van der Waals surface area contributed by atoms with E-state index < -0.39 is 21.0 Å². The summed E-state index contributed by atoms with van der Waals surface area (Å²) in [7, 11) is -3.66. The van der Waals surface area contributed by atoms with Gasteiger partial charge in [0.2, 0.25) is 0 Å². The summed E-state index contributed by atoms with van der Waals surface area (Å²) in [4.78, 5) is 22.1. The van der Waals surface area contributed by atoms with Crippen molar-refractivity contribution < 1.29 is 27.3 Å². The zero-order chi connectivity index (χ0) is 13.3. The van der Waals surface area contributed by atoms with E-state index in [1.165, 1.54) is 13.8 Å². The molecule has 0 fully saturated rings. The quantitative estimate of drug-likeness (QED) is 0.617. The first kappa shape index (κ1) is 16.1. The van der Waals surface area contributed by atoms with Crippen molar-refractivity contribution in [1.29, 1.82) is 0 Å². The monoisotopic (exact) mass is 264 g/mol. The Morgan fingerprint density at radius 3 is 1.47 bits per heavy atom. The van der Waals surface area contributed by atoms with Gasteiger partial charge in [-0.2, -0.15) is 0 Å². The molecule has 0 rings (SSSR count). The molecule has 0 aromatic rings. The Morgan fingerprint density at radius 2 is 1.24 bits per heavy atom. The SMILES string of the molecule is CCCO[Si](OCCC)(OC(C)=O)OC(C)=O. The molecule has 6 nitrogen and oxygen atoms in total. The minimum atomic E-state index is -3.66. The smallest absolute Gasteiger partial charge is 0.442 e. The van der Waals surface area contributed by atoms with Gasteiger partial charge in [0.25, 0.3) is 11.9 Å². The third kappa shape index (κ3) is 7.08. The lowest BCUT2D eigenvalue weighted by Gasteiger charge is -2.25. The van der Waals surface area contributed by atoms with Gasteiger partial charge in [0.15, 0.2) is 0 Å². The largest absolute Gasteiger partial charge is 0.824 e. The van der Waals surface area contributed by atoms with Crippen LogP contribution in [0.25, 0.3) is 0 Å². The maximum Gasteiger partial charge on any atom is 0.824 e. The number of rotatable bonds is 8. The lowest BCUT2D eigenvalue weighted by atomic mass is 10.5. The van der Waals surface area contributed by atoms with E-state index in [4.69, 9.17) is 17.7 Å². The first-order chi connectivity index (χ1) is 7.95. The Hall–Kier alpha value is -0.923. The normalized spacial score (nSPS) is 11.1. The standard InChI is InChI=1S/C10H20O6Si/c1-5-7-13-17(14-8-6-2,15-9(3)11)16-10(4)12/h5-8H2,1-4H3. The molecule has 0 aliphatic carbocycles. The van der Waals surface area contributed by atoms with Gasteiger partial charge in [0.1, 0.15) is 0 Å². The predicted octanol–water partition coefficient (Wildman–Crippen LogP) is 1.40. The molecule has 0 unspecified atom stereocenters. The van der Waals surface area contributed by atoms with Gasteiger partial charge in [0.05, 0.1) is 0 Å². The highest BCUT2D eigenvalue weighted by Crippen LogP contribution is 2.14. The fourth-order valence-electron chi connectivity index (χ4n) is 0.987. The zero-order valence-electron chi connectivity index (χ0n) is 10.8. The average Bonchev–Trinajstić information content (AvgIpc) is 2.22. The Bertz CT molecular complexity index is 229. The molecule has 0 aliphatic rings. The van der Waals surface area contributed by atoms with Gasteiger partial charge in [-0.3, -0.25) is 9.59 Å². The second kappa shape index (κ2) is 8.21. The van der Waals surface area contributed by atoms with Crippen LogP contribution in [0.3, 0.4) is 0 Å². The summed E-state index contributed by atoms with van der Waals surface area (Å²) >= 11 is 0. The van der Waals surface area contributed by atoms with Gasteiger partial charge < -0.3 is 17.7 Å². The molecule has 0 aliphatic heterocycles. The zero-order valence-corrected chi connectivity index (χ0v) is 11.8. The summed E-state index contributed by atoms with van der Waals surface area (Å²) in [5.74, 6) is -1.18. The topological polar surface area (TPSA) is 71.1 Å². The van der Waals surface area contributed by atoms with Gasteiger partial charge >= 0.3 is 9.05 Å². The highest BCUT2D eigenvalue weighted by molar-refractivity contribution is 6.57. The van der Waals surface area contributed by atoms with Gasteiger partial charge in [-0.15, -0.1) is 0 Å². The van der Waals surface area contributed by atoms with E-state index in [0.29, 0.717) is 26.1 Å². The molecule has 0 heterocycles. The van der Waals surface area contributed by atoms with Crippen LogP contribution in [0.2, 0.25) is 0 Å². The van der Waals surface area contributed by atoms with Crippen molar-refractivity contribution in [2.24, 2.45) is 0 Å². The summed E-state index contributed by atoms with van der Waals surface area (Å²) in [6, 6.07) is 0. The number of carbonyl (C=O) groups is 2. The molecule has 0 radical (unpaired) electrons. The van der Waals surface area contributed by atoms with Crippen LogP contribution in [0.5, 0.6) is 0 Å². The van der Waals surface area contributed by atoms with Crippen LogP contribution in [-0.2, 0) is 27.3 Å². The van der Waals surface area contributed by atoms with Crippen molar-refractivity contribution in [3.63, 3.8) is 0 Å². The fourth-order valence-corrected chi connectivity index (χ4v) is 2.96. The Kier molecular flexibility index (Phi) is 7.76. The van der Waals surface area contributed by atoms with Crippen LogP contribution in [0.1, 0.15) is 40.5 Å². The van der Waals surface area contributed by atoms with Crippen molar-refractivity contribution in [3.05, 3.63) is 0 Å². The van der Waals surface area contributed by atoms with Crippen molar-refractivity contribution in [3.8, 4) is 0 Å². The van der Waals surface area contributed by atoms with Crippen LogP contribution >= 0.6 is 0 Å². The minimum absolute atomic E-state index is 0.302. The van der Waals surface area contributed by atoms with E-state index >= 15 is 0 Å². The molecule has 0 N–H and O–H groups in total. The molecule has 0 aromatic heterocycles. The Labute approximate surface area is 103 Å². The minimum Gasteiger partial charge on any atom is -0.442 e. The summed E-state index contributed by atoms with van der Waals surface area (Å²) in [6.45, 7) is 6.82. The summed E-state index contributed by atoms with van der Waals surface area (Å²) in [6.07, 6.45) is 1.40. The van der Waals surface area contributed by atoms with E-state index in [9.17, 15) is 9.59 Å². The van der Waals surface area contributed by atoms with E-state index in [1.54, 1.807) is 0 Å². The van der Waals surface area contributed by atoms with Crippen LogP contribution in [-0.4, -0.2) is 34.2 Å². The summed E-state index contributed by atoms with van der Waals surface area (Å²) in [5.41, 5.74) is 0. The summed E-state index contributed by atoms with van der Waals surface area (Å²) < 4.78 is 20.6. The highest BCUT2D eigenvalue weighted by atomic mass is 28.4. The number of hydrogen-bond acceptors (Lipinski definition) is 6. The number of carbonyl (C=O) groups excluding carboxylic acids is 2. The van der Waals surface area contributed by atoms with Crippen molar-refractivity contribution in [2.75, 3.05) is 13.2 Å². The molecule has 0 saturated carbocycles. The second-order valence-electron chi connectivity index (χ2n) is 3.38. The van der Waals surface area contributed by atoms with Crippen LogP contribution < -0.4 is 0 Å². The van der Waals surface area contributed by atoms with Crippen LogP contribution in [0.15, 0.2) is 0 Å². The Morgan fingerprint density at radius 1 is 0.882 bits per heavy atom. The highest BCUT2D eigenvalue weighted by Gasteiger charge is 2.53. The summed E-state index contributed by atoms with van der Waals surface area (Å²) in [5, 5.41) is 0. The molecule has 0 saturated heterocycles. The first-order valence-electron chi connectivity index (χ1n) is 5.62. The lowest BCUT2D eigenvalue weighted by Crippen LogP contribution is -2.51. The molecular formula is C10H20O6Si. The molecule has 0 aromatic carbocycles. The lowest BCUT2D eigenvalue weighted by molar-refractivity contribution is -0.150. The van der Waals surface area contributed by atoms with E-state index in [0.717, 1.165) is 0 Å². The van der Waals surface area contributed by atoms with Gasteiger partial charge in [-0.1, -0.05) is 13.8 Å². The number of hydrogen-bond donors (Lipinski definition) is 0. The third-order valence-electron chi connectivity index (χ3n) is 1.50. The molecule has 7 heteroatoms. The maximum atomic E-state index is 11.0. The molecular weight excluding hydrogens is 244 g/mol. The second-order valence-corrected chi connectivity index (χ2v) is 5.37. The molecule has 100 valence electrons. The Balaban J connectivity index is 4.75. The van der Waals surface area contributed by atoms with E-state index in [1.807, 2.05) is 13.8 Å². The van der Waals surface area contributed by atoms with Gasteiger partial charge in [-0.25, -0.2) is 0 Å². The fraction of sp³-hybridized carbons (Fsp3) is 0.800. The van der Waals surface area contributed by atoms with Crippen molar-refractivity contribution in [1.82, 2.24) is 0 Å². The molecule has 0 atom stereocenters. The van der Waals surface area contributed by atoms with Gasteiger partial charge in [0, 0.05) is 27.1 Å². The molecule has 0 bridgehead atoms. The molecule has 0 amide bonds. The average molecular weight is 264 g/mol. The van der Waals surface area contributed by atoms with Crippen molar-refractivity contribution >= 4 is 21.0 Å². The maximum absolute atomic E-state index is 11.0.